The van der Waals surface area contributed by atoms with Crippen molar-refractivity contribution in [3.8, 4) is 0 Å². The first-order valence-electron chi connectivity index (χ1n) is 10.5. The Kier molecular flexibility index (Phi) is 21.4. The highest BCUT2D eigenvalue weighted by Crippen LogP contribution is 2.16. The van der Waals surface area contributed by atoms with Crippen molar-refractivity contribution >= 4 is 18.1 Å². The summed E-state index contributed by atoms with van der Waals surface area (Å²) >= 11 is 0. The maximum Gasteiger partial charge on any atom is 0.308 e. The van der Waals surface area contributed by atoms with Crippen LogP contribution in [-0.4, -0.2) is 57.4 Å². The van der Waals surface area contributed by atoms with Crippen LogP contribution in [0.15, 0.2) is 24.3 Å². The van der Waals surface area contributed by atoms with Crippen molar-refractivity contribution in [1.29, 1.82) is 0 Å². The molecule has 184 valence electrons. The Morgan fingerprint density at radius 2 is 1.78 bits per heavy atom. The third-order valence-electron chi connectivity index (χ3n) is 4.10. The van der Waals surface area contributed by atoms with E-state index >= 15 is 0 Å². The van der Waals surface area contributed by atoms with Crippen molar-refractivity contribution in [2.75, 3.05) is 34.0 Å². The third kappa shape index (κ3) is 17.2. The molecule has 1 unspecified atom stereocenters. The number of carbonyl (C=O) groups excluding carboxylic acids is 2. The number of hydrogen-bond donors (Lipinski definition) is 1. The van der Waals surface area contributed by atoms with Crippen LogP contribution < -0.4 is 5.73 Å². The predicted molar refractivity (Wildman–Crippen MR) is 121 cm³/mol. The van der Waals surface area contributed by atoms with Gasteiger partial charge in [0.05, 0.1) is 31.2 Å². The molecule has 1 aromatic rings. The zero-order chi connectivity index (χ0) is 24.8. The van der Waals surface area contributed by atoms with Crippen LogP contribution in [0, 0.1) is 16.0 Å². The van der Waals surface area contributed by atoms with E-state index < -0.39 is 4.92 Å². The average molecular weight is 459 g/mol. The van der Waals surface area contributed by atoms with Crippen molar-refractivity contribution in [1.82, 2.24) is 0 Å². The molecule has 1 aromatic carbocycles. The Bertz CT molecular complexity index is 604. The number of hydrogen-bond acceptors (Lipinski definition) is 8. The normalized spacial score (nSPS) is 13.5. The summed E-state index contributed by atoms with van der Waals surface area (Å²) in [5.41, 5.74) is 5.21. The molecule has 0 aromatic heterocycles. The van der Waals surface area contributed by atoms with Crippen LogP contribution in [0.2, 0.25) is 0 Å². The monoisotopic (exact) mass is 458 g/mol. The van der Waals surface area contributed by atoms with Gasteiger partial charge in [0.1, 0.15) is 0 Å². The second-order valence-corrected chi connectivity index (χ2v) is 6.47. The van der Waals surface area contributed by atoms with Gasteiger partial charge in [0.25, 0.3) is 5.69 Å². The molecule has 1 saturated heterocycles. The smallest absolute Gasteiger partial charge is 0.308 e. The highest BCUT2D eigenvalue weighted by molar-refractivity contribution is 5.69. The van der Waals surface area contributed by atoms with Gasteiger partial charge < -0.3 is 24.7 Å². The minimum atomic E-state index is -0.420. The number of primary amides is 1. The first-order valence-corrected chi connectivity index (χ1v) is 10.5. The number of methoxy groups -OCH3 is 2. The van der Waals surface area contributed by atoms with E-state index in [2.05, 4.69) is 10.5 Å². The van der Waals surface area contributed by atoms with E-state index in [1.165, 1.54) is 19.2 Å². The van der Waals surface area contributed by atoms with Gasteiger partial charge in [-0.1, -0.05) is 13.8 Å². The van der Waals surface area contributed by atoms with Crippen LogP contribution in [0.1, 0.15) is 45.6 Å². The molecule has 2 N–H and O–H groups in total. The van der Waals surface area contributed by atoms with Gasteiger partial charge in [-0.15, -0.1) is 0 Å². The number of rotatable bonds is 8. The molecule has 1 aliphatic rings. The Labute approximate surface area is 190 Å². The molecule has 1 atom stereocenters. The Morgan fingerprint density at radius 1 is 1.25 bits per heavy atom. The topological polar surface area (TPSA) is 140 Å². The van der Waals surface area contributed by atoms with Gasteiger partial charge in [-0.2, -0.15) is 0 Å². The molecule has 10 nitrogen and oxygen atoms in total. The number of ether oxygens (including phenoxy) is 4. The standard InChI is InChI=1S/C11H20O4.C8H9NO3.C2H6.CH3NO/c1-9(7-11(12)13-2)15-8-10-3-5-14-6-4-10;1-12-6-7-2-4-8(5-3-7)9(10)11;1-2;2-1-3/h9-10H,3-8H2,1-2H3;2-5H,6H2,1H3;1-2H3;1H,(H2,2,3). The molecular weight excluding hydrogens is 420 g/mol. The van der Waals surface area contributed by atoms with E-state index in [1.54, 1.807) is 19.2 Å². The fourth-order valence-corrected chi connectivity index (χ4v) is 2.47. The summed E-state index contributed by atoms with van der Waals surface area (Å²) in [4.78, 5) is 29.4. The molecular formula is C22H38N2O8. The van der Waals surface area contributed by atoms with Gasteiger partial charge in [0, 0.05) is 39.1 Å². The van der Waals surface area contributed by atoms with Crippen molar-refractivity contribution in [3.63, 3.8) is 0 Å². The Morgan fingerprint density at radius 3 is 2.22 bits per heavy atom. The minimum absolute atomic E-state index is 0.0553. The zero-order valence-corrected chi connectivity index (χ0v) is 19.8. The Hall–Kier alpha value is -2.56. The van der Waals surface area contributed by atoms with Gasteiger partial charge >= 0.3 is 5.97 Å². The van der Waals surface area contributed by atoms with Crippen molar-refractivity contribution in [2.45, 2.75) is 52.7 Å². The molecule has 32 heavy (non-hydrogen) atoms. The summed E-state index contributed by atoms with van der Waals surface area (Å²) < 4.78 is 20.3. The van der Waals surface area contributed by atoms with E-state index in [1.807, 2.05) is 20.8 Å². The highest BCUT2D eigenvalue weighted by atomic mass is 16.6. The maximum atomic E-state index is 11.0. The number of nitrogens with zero attached hydrogens (tertiary/aromatic N) is 1. The molecule has 2 rings (SSSR count). The number of benzene rings is 1. The molecule has 0 aliphatic carbocycles. The van der Waals surface area contributed by atoms with Gasteiger partial charge in [0.2, 0.25) is 6.41 Å². The van der Waals surface area contributed by atoms with Crippen LogP contribution in [0.3, 0.4) is 0 Å². The second kappa shape index (κ2) is 21.7. The van der Waals surface area contributed by atoms with Crippen LogP contribution in [0.4, 0.5) is 5.69 Å². The lowest BCUT2D eigenvalue weighted by Gasteiger charge is -2.23. The van der Waals surface area contributed by atoms with E-state index in [0.717, 1.165) is 38.2 Å². The van der Waals surface area contributed by atoms with Crippen LogP contribution >= 0.6 is 0 Å². The van der Waals surface area contributed by atoms with E-state index in [-0.39, 0.29) is 24.2 Å². The molecule has 0 saturated carbocycles. The fraction of sp³-hybridized carbons (Fsp3) is 0.636. The number of non-ortho nitro benzene ring substituents is 1. The number of amides is 1. The SMILES string of the molecule is CC.COC(=O)CC(C)OCC1CCOCC1.COCc1ccc([N+](=O)[O-])cc1.NC=O. The number of esters is 1. The quantitative estimate of drug-likeness (QED) is 0.271. The van der Waals surface area contributed by atoms with Gasteiger partial charge in [-0.05, 0) is 43.4 Å². The summed E-state index contributed by atoms with van der Waals surface area (Å²) in [5, 5.41) is 10.2. The molecule has 10 heteroatoms. The van der Waals surface area contributed by atoms with Crippen LogP contribution in [0.5, 0.6) is 0 Å². The summed E-state index contributed by atoms with van der Waals surface area (Å²) in [6.45, 7) is 8.77. The number of carbonyl (C=O) groups is 2. The summed E-state index contributed by atoms with van der Waals surface area (Å²) in [7, 11) is 2.98. The molecule has 1 heterocycles. The lowest BCUT2D eigenvalue weighted by molar-refractivity contribution is -0.384. The maximum absolute atomic E-state index is 11.0. The van der Waals surface area contributed by atoms with E-state index in [4.69, 9.17) is 19.0 Å². The average Bonchev–Trinajstić information content (AvgIpc) is 2.81. The Balaban J connectivity index is 0. The lowest BCUT2D eigenvalue weighted by Crippen LogP contribution is -2.24. The van der Waals surface area contributed by atoms with Crippen LogP contribution in [0.25, 0.3) is 0 Å². The summed E-state index contributed by atoms with van der Waals surface area (Å²) in [5.74, 6) is 0.369. The van der Waals surface area contributed by atoms with Crippen molar-refractivity contribution in [3.05, 3.63) is 39.9 Å². The minimum Gasteiger partial charge on any atom is -0.469 e. The summed E-state index contributed by atoms with van der Waals surface area (Å²) in [6, 6.07) is 6.30. The van der Waals surface area contributed by atoms with E-state index in [9.17, 15) is 14.9 Å². The summed E-state index contributed by atoms with van der Waals surface area (Å²) in [6.07, 6.45) is 2.65. The van der Waals surface area contributed by atoms with Crippen LogP contribution in [-0.2, 0) is 35.1 Å². The molecule has 1 aliphatic heterocycles. The van der Waals surface area contributed by atoms with E-state index in [0.29, 0.717) is 18.9 Å². The third-order valence-corrected chi connectivity index (χ3v) is 4.10. The first-order chi connectivity index (χ1) is 15.4. The number of nitro benzene ring substituents is 1. The fourth-order valence-electron chi connectivity index (χ4n) is 2.47. The van der Waals surface area contributed by atoms with Crippen molar-refractivity contribution < 1.29 is 33.5 Å². The molecule has 1 fully saturated rings. The van der Waals surface area contributed by atoms with Gasteiger partial charge in [-0.25, -0.2) is 0 Å². The molecule has 0 spiro atoms. The van der Waals surface area contributed by atoms with Gasteiger partial charge in [-0.3, -0.25) is 19.7 Å². The van der Waals surface area contributed by atoms with Crippen molar-refractivity contribution in [2.24, 2.45) is 11.7 Å². The zero-order valence-electron chi connectivity index (χ0n) is 19.8. The first kappa shape index (κ1) is 31.6. The number of nitro groups is 1. The second-order valence-electron chi connectivity index (χ2n) is 6.47. The molecule has 0 radical (unpaired) electrons. The molecule has 1 amide bonds. The molecule has 0 bridgehead atoms. The predicted octanol–water partition coefficient (Wildman–Crippen LogP) is 3.25. The largest absolute Gasteiger partial charge is 0.469 e. The highest BCUT2D eigenvalue weighted by Gasteiger charge is 2.16. The van der Waals surface area contributed by atoms with Gasteiger partial charge in [0.15, 0.2) is 0 Å². The lowest BCUT2D eigenvalue weighted by atomic mass is 10.0. The number of nitrogens with two attached hydrogens (primary N) is 1.